The fourth-order valence-corrected chi connectivity index (χ4v) is 1.60. The molecule has 0 amide bonds. The predicted molar refractivity (Wildman–Crippen MR) is 67.9 cm³/mol. The second kappa shape index (κ2) is 5.33. The van der Waals surface area contributed by atoms with Crippen LogP contribution in [0.2, 0.25) is 5.15 Å². The smallest absolute Gasteiger partial charge is 0.129 e. The van der Waals surface area contributed by atoms with Crippen molar-refractivity contribution in [2.24, 2.45) is 0 Å². The summed E-state index contributed by atoms with van der Waals surface area (Å²) in [6.45, 7) is 5.73. The monoisotopic (exact) mass is 287 g/mol. The molecule has 0 saturated heterocycles. The zero-order valence-corrected chi connectivity index (χ0v) is 10.9. The van der Waals surface area contributed by atoms with Crippen LogP contribution >= 0.6 is 27.5 Å². The molecule has 1 aromatic rings. The van der Waals surface area contributed by atoms with Crippen molar-refractivity contribution in [1.29, 1.82) is 0 Å². The van der Waals surface area contributed by atoms with Crippen molar-refractivity contribution in [3.05, 3.63) is 41.2 Å². The Balaban J connectivity index is 3.33. The second-order valence-corrected chi connectivity index (χ2v) is 4.06. The van der Waals surface area contributed by atoms with Gasteiger partial charge in [-0.2, -0.15) is 0 Å². The number of hydrogen-bond acceptors (Lipinski definition) is 2. The Kier molecular flexibility index (Phi) is 4.36. The quantitative estimate of drug-likeness (QED) is 0.617. The maximum Gasteiger partial charge on any atom is 0.129 e. The summed E-state index contributed by atoms with van der Waals surface area (Å²) in [5, 5.41) is 0.441. The van der Waals surface area contributed by atoms with Crippen LogP contribution in [0.4, 0.5) is 0 Å². The number of nitrogens with zero attached hydrogens (tertiary/aromatic N) is 1. The molecular weight excluding hydrogens is 277 g/mol. The van der Waals surface area contributed by atoms with Gasteiger partial charge in [0.2, 0.25) is 0 Å². The summed E-state index contributed by atoms with van der Waals surface area (Å²) in [7, 11) is 1.57. The van der Waals surface area contributed by atoms with Gasteiger partial charge in [-0.1, -0.05) is 40.2 Å². The van der Waals surface area contributed by atoms with E-state index in [1.807, 2.05) is 13.0 Å². The largest absolute Gasteiger partial charge is 0.497 e. The van der Waals surface area contributed by atoms with E-state index in [9.17, 15) is 0 Å². The van der Waals surface area contributed by atoms with Gasteiger partial charge in [-0.3, -0.25) is 0 Å². The molecule has 1 heterocycles. The van der Waals surface area contributed by atoms with Gasteiger partial charge in [0.1, 0.15) is 10.9 Å². The van der Waals surface area contributed by atoms with E-state index in [-0.39, 0.29) is 0 Å². The van der Waals surface area contributed by atoms with Crippen LogP contribution in [-0.4, -0.2) is 12.1 Å². The predicted octanol–water partition coefficient (Wildman–Crippen LogP) is 4.11. The SMILES string of the molecule is C=C(OC)c1cnc(Cl)cc1/C(Br)=C\C. The maximum absolute atomic E-state index is 5.84. The van der Waals surface area contributed by atoms with Gasteiger partial charge in [-0.05, 0) is 13.0 Å². The van der Waals surface area contributed by atoms with Gasteiger partial charge in [-0.15, -0.1) is 0 Å². The number of halogens is 2. The van der Waals surface area contributed by atoms with Gasteiger partial charge in [-0.25, -0.2) is 4.98 Å². The zero-order valence-electron chi connectivity index (χ0n) is 8.55. The first-order chi connectivity index (χ1) is 7.10. The van der Waals surface area contributed by atoms with Crippen molar-refractivity contribution in [2.75, 3.05) is 7.11 Å². The average Bonchev–Trinajstić information content (AvgIpc) is 2.26. The minimum atomic E-state index is 0.441. The fraction of sp³-hybridized carbons (Fsp3) is 0.182. The highest BCUT2D eigenvalue weighted by Gasteiger charge is 2.10. The minimum Gasteiger partial charge on any atom is -0.497 e. The summed E-state index contributed by atoms with van der Waals surface area (Å²) in [5.74, 6) is 0.563. The van der Waals surface area contributed by atoms with Crippen LogP contribution in [0.3, 0.4) is 0 Å². The number of aromatic nitrogens is 1. The molecule has 80 valence electrons. The van der Waals surface area contributed by atoms with E-state index in [4.69, 9.17) is 16.3 Å². The molecule has 0 spiro atoms. The Hall–Kier alpha value is -0.800. The van der Waals surface area contributed by atoms with E-state index in [1.165, 1.54) is 0 Å². The van der Waals surface area contributed by atoms with Gasteiger partial charge >= 0.3 is 0 Å². The van der Waals surface area contributed by atoms with Crippen LogP contribution in [0.5, 0.6) is 0 Å². The Morgan fingerprint density at radius 2 is 2.27 bits per heavy atom. The standard InChI is InChI=1S/C11H11BrClNO/c1-4-10(12)8-5-11(13)14-6-9(8)7(2)15-3/h4-6H,2H2,1,3H3/b10-4+. The normalized spacial score (nSPS) is 11.3. The van der Waals surface area contributed by atoms with Gasteiger partial charge in [0.05, 0.1) is 7.11 Å². The summed E-state index contributed by atoms with van der Waals surface area (Å²) < 4.78 is 6.02. The third kappa shape index (κ3) is 2.83. The van der Waals surface area contributed by atoms with Crippen LogP contribution in [0.25, 0.3) is 10.2 Å². The first-order valence-corrected chi connectivity index (χ1v) is 5.48. The van der Waals surface area contributed by atoms with Crippen molar-refractivity contribution in [2.45, 2.75) is 6.92 Å². The van der Waals surface area contributed by atoms with Crippen LogP contribution in [-0.2, 0) is 4.74 Å². The first kappa shape index (κ1) is 12.3. The lowest BCUT2D eigenvalue weighted by Gasteiger charge is -2.10. The molecule has 0 aliphatic carbocycles. The third-order valence-electron chi connectivity index (χ3n) is 1.93. The van der Waals surface area contributed by atoms with Crippen molar-refractivity contribution in [3.63, 3.8) is 0 Å². The van der Waals surface area contributed by atoms with Crippen molar-refractivity contribution in [3.8, 4) is 0 Å². The Morgan fingerprint density at radius 3 is 2.80 bits per heavy atom. The van der Waals surface area contributed by atoms with Crippen LogP contribution in [0.1, 0.15) is 18.1 Å². The topological polar surface area (TPSA) is 22.1 Å². The first-order valence-electron chi connectivity index (χ1n) is 4.31. The zero-order chi connectivity index (χ0) is 11.4. The molecule has 0 radical (unpaired) electrons. The molecular formula is C11H11BrClNO. The van der Waals surface area contributed by atoms with Crippen LogP contribution in [0, 0.1) is 0 Å². The number of methoxy groups -OCH3 is 1. The Morgan fingerprint density at radius 1 is 1.60 bits per heavy atom. The molecule has 0 N–H and O–H groups in total. The molecule has 0 unspecified atom stereocenters. The maximum atomic E-state index is 5.84. The molecule has 0 aliphatic rings. The molecule has 15 heavy (non-hydrogen) atoms. The third-order valence-corrected chi connectivity index (χ3v) is 3.02. The highest BCUT2D eigenvalue weighted by atomic mass is 79.9. The summed E-state index contributed by atoms with van der Waals surface area (Å²) in [6.07, 6.45) is 3.58. The van der Waals surface area contributed by atoms with Crippen molar-refractivity contribution in [1.82, 2.24) is 4.98 Å². The minimum absolute atomic E-state index is 0.441. The highest BCUT2D eigenvalue weighted by Crippen LogP contribution is 2.29. The lowest BCUT2D eigenvalue weighted by Crippen LogP contribution is -1.93. The molecule has 0 bridgehead atoms. The van der Waals surface area contributed by atoms with E-state index in [2.05, 4.69) is 27.5 Å². The lowest BCUT2D eigenvalue weighted by molar-refractivity contribution is 0.371. The number of pyridine rings is 1. The van der Waals surface area contributed by atoms with Crippen molar-refractivity contribution < 1.29 is 4.74 Å². The van der Waals surface area contributed by atoms with E-state index >= 15 is 0 Å². The van der Waals surface area contributed by atoms with Gasteiger partial charge in [0.15, 0.2) is 0 Å². The summed E-state index contributed by atoms with van der Waals surface area (Å²) in [6, 6.07) is 1.77. The van der Waals surface area contributed by atoms with E-state index in [0.29, 0.717) is 10.9 Å². The van der Waals surface area contributed by atoms with E-state index in [0.717, 1.165) is 15.6 Å². The van der Waals surface area contributed by atoms with Crippen LogP contribution in [0.15, 0.2) is 24.9 Å². The highest BCUT2D eigenvalue weighted by molar-refractivity contribution is 9.15. The fourth-order valence-electron chi connectivity index (χ4n) is 1.12. The number of allylic oxidation sites excluding steroid dienone is 1. The molecule has 0 fully saturated rings. The molecule has 0 saturated carbocycles. The summed E-state index contributed by atoms with van der Waals surface area (Å²) in [5.41, 5.74) is 1.75. The molecule has 0 aromatic carbocycles. The van der Waals surface area contributed by atoms with Gasteiger partial charge < -0.3 is 4.74 Å². The summed E-state index contributed by atoms with van der Waals surface area (Å²) >= 11 is 9.28. The molecule has 4 heteroatoms. The Bertz CT molecular complexity index is 415. The van der Waals surface area contributed by atoms with Gasteiger partial charge in [0, 0.05) is 21.8 Å². The van der Waals surface area contributed by atoms with Crippen LogP contribution < -0.4 is 0 Å². The lowest BCUT2D eigenvalue weighted by atomic mass is 10.1. The second-order valence-electron chi connectivity index (χ2n) is 2.82. The molecule has 2 nitrogen and oxygen atoms in total. The molecule has 1 rings (SSSR count). The Labute approximate surface area is 103 Å². The number of hydrogen-bond donors (Lipinski definition) is 0. The van der Waals surface area contributed by atoms with E-state index in [1.54, 1.807) is 19.4 Å². The number of rotatable bonds is 3. The van der Waals surface area contributed by atoms with E-state index < -0.39 is 0 Å². The summed E-state index contributed by atoms with van der Waals surface area (Å²) in [4.78, 5) is 4.00. The average molecular weight is 289 g/mol. The van der Waals surface area contributed by atoms with Crippen molar-refractivity contribution >= 4 is 37.8 Å². The molecule has 1 aromatic heterocycles. The number of ether oxygens (including phenoxy) is 1. The molecule has 0 aliphatic heterocycles. The van der Waals surface area contributed by atoms with Gasteiger partial charge in [0.25, 0.3) is 0 Å². The molecule has 0 atom stereocenters.